The van der Waals surface area contributed by atoms with Crippen LogP contribution in [-0.2, 0) is 4.79 Å². The van der Waals surface area contributed by atoms with E-state index in [1.165, 1.54) is 0 Å². The minimum Gasteiger partial charge on any atom is -0.360 e. The maximum absolute atomic E-state index is 11.8. The third-order valence-corrected chi connectivity index (χ3v) is 3.65. The van der Waals surface area contributed by atoms with E-state index in [1.54, 1.807) is 7.05 Å². The third-order valence-electron chi connectivity index (χ3n) is 3.65. The van der Waals surface area contributed by atoms with Crippen molar-refractivity contribution in [2.75, 3.05) is 18.5 Å². The number of nitrogens with one attached hydrogen (secondary N) is 1. The van der Waals surface area contributed by atoms with Gasteiger partial charge in [0, 0.05) is 25.3 Å². The summed E-state index contributed by atoms with van der Waals surface area (Å²) in [6.07, 6.45) is 1.98. The maximum atomic E-state index is 11.8. The molecule has 0 saturated carbocycles. The molecule has 2 unspecified atom stereocenters. The molecule has 0 fully saturated rings. The molecule has 18 heavy (non-hydrogen) atoms. The Morgan fingerprint density at radius 3 is 2.94 bits per heavy atom. The van der Waals surface area contributed by atoms with Gasteiger partial charge in [-0.05, 0) is 31.4 Å². The first kappa shape index (κ1) is 12.9. The number of hydrogen-bond donors (Lipinski definition) is 2. The van der Waals surface area contributed by atoms with Crippen molar-refractivity contribution in [3.05, 3.63) is 29.8 Å². The fraction of sp³-hybridized carbons (Fsp3) is 0.500. The maximum Gasteiger partial charge on any atom is 0.242 e. The van der Waals surface area contributed by atoms with Crippen molar-refractivity contribution in [3.8, 4) is 0 Å². The predicted octanol–water partition coefficient (Wildman–Crippen LogP) is 1.42. The number of carbonyl (C=O) groups excluding carboxylic acids is 1. The van der Waals surface area contributed by atoms with Crippen LogP contribution in [0.15, 0.2) is 24.3 Å². The second kappa shape index (κ2) is 5.40. The molecule has 1 aromatic carbocycles. The number of likely N-dealkylation sites (N-methyl/N-ethyl adjacent to an activating group) is 1. The summed E-state index contributed by atoms with van der Waals surface area (Å²) in [7, 11) is 1.67. The van der Waals surface area contributed by atoms with E-state index in [1.807, 2.05) is 19.1 Å². The zero-order valence-corrected chi connectivity index (χ0v) is 11.0. The van der Waals surface area contributed by atoms with Crippen LogP contribution in [0.5, 0.6) is 0 Å². The number of benzene rings is 1. The van der Waals surface area contributed by atoms with Crippen LogP contribution in [0, 0.1) is 0 Å². The second-order valence-corrected chi connectivity index (χ2v) is 4.79. The minimum atomic E-state index is -0.165. The summed E-state index contributed by atoms with van der Waals surface area (Å²) in [5.74, 6) is 0.0419. The van der Waals surface area contributed by atoms with Gasteiger partial charge in [-0.15, -0.1) is 0 Å². The molecule has 1 aromatic rings. The van der Waals surface area contributed by atoms with Gasteiger partial charge in [0.25, 0.3) is 0 Å². The van der Waals surface area contributed by atoms with E-state index in [4.69, 9.17) is 5.73 Å². The molecule has 0 aromatic heterocycles. The Labute approximate surface area is 108 Å². The van der Waals surface area contributed by atoms with E-state index >= 15 is 0 Å². The van der Waals surface area contributed by atoms with Gasteiger partial charge in [0.05, 0.1) is 0 Å². The molecule has 0 spiro atoms. The van der Waals surface area contributed by atoms with Crippen LogP contribution >= 0.6 is 0 Å². The highest BCUT2D eigenvalue weighted by molar-refractivity contribution is 5.85. The number of nitrogens with two attached hydrogens (primary N) is 1. The summed E-state index contributed by atoms with van der Waals surface area (Å²) in [6.45, 7) is 2.81. The number of carbonyl (C=O) groups is 1. The Morgan fingerprint density at radius 1 is 1.50 bits per heavy atom. The van der Waals surface area contributed by atoms with Crippen molar-refractivity contribution in [2.45, 2.75) is 31.8 Å². The Morgan fingerprint density at radius 2 is 2.22 bits per heavy atom. The fourth-order valence-electron chi connectivity index (χ4n) is 2.57. The molecule has 4 nitrogen and oxygen atoms in total. The highest BCUT2D eigenvalue weighted by Gasteiger charge is 2.26. The van der Waals surface area contributed by atoms with Crippen molar-refractivity contribution in [1.29, 1.82) is 0 Å². The molecule has 1 amide bonds. The summed E-state index contributed by atoms with van der Waals surface area (Å²) < 4.78 is 0. The Hall–Kier alpha value is -1.55. The standard InChI is InChI=1S/C14H21N3O/c1-10(14(18)16-2)17-9-5-7-12(15)11-6-3-4-8-13(11)17/h3-4,6,8,10,12H,5,7,9,15H2,1-2H3,(H,16,18). The quantitative estimate of drug-likeness (QED) is 0.831. The van der Waals surface area contributed by atoms with Gasteiger partial charge < -0.3 is 16.0 Å². The van der Waals surface area contributed by atoms with Crippen molar-refractivity contribution < 1.29 is 4.79 Å². The SMILES string of the molecule is CNC(=O)C(C)N1CCCC(N)c2ccccc21. The summed E-state index contributed by atoms with van der Waals surface area (Å²) in [5.41, 5.74) is 8.43. The normalized spacial score (nSPS) is 20.8. The summed E-state index contributed by atoms with van der Waals surface area (Å²) in [6, 6.07) is 8.03. The van der Waals surface area contributed by atoms with Crippen LogP contribution in [0.3, 0.4) is 0 Å². The molecule has 0 saturated heterocycles. The van der Waals surface area contributed by atoms with Gasteiger partial charge in [0.1, 0.15) is 6.04 Å². The van der Waals surface area contributed by atoms with Crippen molar-refractivity contribution in [2.24, 2.45) is 5.73 Å². The van der Waals surface area contributed by atoms with Crippen molar-refractivity contribution in [1.82, 2.24) is 5.32 Å². The van der Waals surface area contributed by atoms with E-state index < -0.39 is 0 Å². The smallest absolute Gasteiger partial charge is 0.242 e. The largest absolute Gasteiger partial charge is 0.360 e. The number of anilines is 1. The van der Waals surface area contributed by atoms with Crippen LogP contribution < -0.4 is 16.0 Å². The van der Waals surface area contributed by atoms with Gasteiger partial charge in [-0.2, -0.15) is 0 Å². The highest BCUT2D eigenvalue weighted by Crippen LogP contribution is 2.32. The van der Waals surface area contributed by atoms with E-state index in [0.29, 0.717) is 0 Å². The van der Waals surface area contributed by atoms with E-state index in [-0.39, 0.29) is 18.0 Å². The van der Waals surface area contributed by atoms with E-state index in [2.05, 4.69) is 22.3 Å². The Balaban J connectivity index is 2.37. The number of amides is 1. The lowest BCUT2D eigenvalue weighted by atomic mass is 10.0. The summed E-state index contributed by atoms with van der Waals surface area (Å²) in [4.78, 5) is 14.0. The molecule has 1 heterocycles. The summed E-state index contributed by atoms with van der Waals surface area (Å²) in [5, 5.41) is 2.71. The van der Waals surface area contributed by atoms with Gasteiger partial charge in [-0.25, -0.2) is 0 Å². The Bertz CT molecular complexity index is 433. The average Bonchev–Trinajstić information content (AvgIpc) is 2.57. The van der Waals surface area contributed by atoms with E-state index in [0.717, 1.165) is 30.6 Å². The first-order valence-electron chi connectivity index (χ1n) is 6.48. The molecule has 2 atom stereocenters. The molecule has 0 radical (unpaired) electrons. The fourth-order valence-corrected chi connectivity index (χ4v) is 2.57. The zero-order chi connectivity index (χ0) is 13.1. The highest BCUT2D eigenvalue weighted by atomic mass is 16.2. The first-order chi connectivity index (χ1) is 8.65. The van der Waals surface area contributed by atoms with E-state index in [9.17, 15) is 4.79 Å². The zero-order valence-electron chi connectivity index (χ0n) is 11.0. The van der Waals surface area contributed by atoms with Gasteiger partial charge in [0.15, 0.2) is 0 Å². The van der Waals surface area contributed by atoms with Gasteiger partial charge >= 0.3 is 0 Å². The average molecular weight is 247 g/mol. The van der Waals surface area contributed by atoms with Crippen molar-refractivity contribution >= 4 is 11.6 Å². The second-order valence-electron chi connectivity index (χ2n) is 4.79. The molecule has 2 rings (SSSR count). The van der Waals surface area contributed by atoms with Gasteiger partial charge in [0.2, 0.25) is 5.91 Å². The number of rotatable bonds is 2. The lowest BCUT2D eigenvalue weighted by Gasteiger charge is -2.30. The topological polar surface area (TPSA) is 58.4 Å². The molecule has 0 bridgehead atoms. The molecular formula is C14H21N3O. The van der Waals surface area contributed by atoms with Crippen LogP contribution in [-0.4, -0.2) is 25.5 Å². The predicted molar refractivity (Wildman–Crippen MR) is 73.5 cm³/mol. The lowest BCUT2D eigenvalue weighted by Crippen LogP contribution is -2.44. The van der Waals surface area contributed by atoms with Crippen LogP contribution in [0.2, 0.25) is 0 Å². The molecule has 4 heteroatoms. The Kier molecular flexibility index (Phi) is 3.87. The van der Waals surface area contributed by atoms with Crippen LogP contribution in [0.25, 0.3) is 0 Å². The van der Waals surface area contributed by atoms with Gasteiger partial charge in [-0.1, -0.05) is 18.2 Å². The summed E-state index contributed by atoms with van der Waals surface area (Å²) >= 11 is 0. The van der Waals surface area contributed by atoms with Crippen molar-refractivity contribution in [3.63, 3.8) is 0 Å². The van der Waals surface area contributed by atoms with Crippen LogP contribution in [0.1, 0.15) is 31.4 Å². The molecule has 1 aliphatic rings. The third kappa shape index (κ3) is 2.34. The van der Waals surface area contributed by atoms with Crippen LogP contribution in [0.4, 0.5) is 5.69 Å². The molecular weight excluding hydrogens is 226 g/mol. The minimum absolute atomic E-state index is 0.0419. The number of nitrogens with zero attached hydrogens (tertiary/aromatic N) is 1. The monoisotopic (exact) mass is 247 g/mol. The first-order valence-corrected chi connectivity index (χ1v) is 6.48. The molecule has 0 aliphatic carbocycles. The molecule has 98 valence electrons. The lowest BCUT2D eigenvalue weighted by molar-refractivity contribution is -0.121. The molecule has 1 aliphatic heterocycles. The number of para-hydroxylation sites is 1. The van der Waals surface area contributed by atoms with Gasteiger partial charge in [-0.3, -0.25) is 4.79 Å². The number of hydrogen-bond acceptors (Lipinski definition) is 3. The molecule has 3 N–H and O–H groups in total. The number of fused-ring (bicyclic) bond motifs is 1.